The number of nitrogens with zero attached hydrogens (tertiary/aromatic N) is 4. The number of carbonyl (C=O) groups excluding carboxylic acids is 2. The molecule has 1 aromatic carbocycles. The van der Waals surface area contributed by atoms with Crippen LogP contribution in [-0.2, 0) is 11.8 Å². The molecule has 2 atom stereocenters. The van der Waals surface area contributed by atoms with Gasteiger partial charge in [0, 0.05) is 64.0 Å². The summed E-state index contributed by atoms with van der Waals surface area (Å²) in [5, 5.41) is 7.57. The first-order valence-electron chi connectivity index (χ1n) is 10.1. The average molecular weight is 399 g/mol. The predicted molar refractivity (Wildman–Crippen MR) is 106 cm³/mol. The predicted octanol–water partition coefficient (Wildman–Crippen LogP) is 1.24. The summed E-state index contributed by atoms with van der Waals surface area (Å²) in [6.45, 7) is 3.56. The highest BCUT2D eigenvalue weighted by Crippen LogP contribution is 2.29. The molecule has 2 saturated heterocycles. The smallest absolute Gasteiger partial charge is 0.254 e. The maximum Gasteiger partial charge on any atom is 0.254 e. The van der Waals surface area contributed by atoms with Gasteiger partial charge in [0.25, 0.3) is 5.91 Å². The van der Waals surface area contributed by atoms with Gasteiger partial charge in [-0.3, -0.25) is 14.3 Å². The molecular formula is C21H26FN5O2. The molecule has 3 heterocycles. The largest absolute Gasteiger partial charge is 0.341 e. The van der Waals surface area contributed by atoms with Crippen molar-refractivity contribution >= 4 is 11.8 Å². The van der Waals surface area contributed by atoms with Gasteiger partial charge in [-0.05, 0) is 30.2 Å². The molecule has 2 aliphatic rings. The SMILES string of the molecule is Cn1cc([C@H]2CNC[C@@H]2C(=O)N2CCCN(C(=O)c3cccc(F)c3)CC2)cn1. The van der Waals surface area contributed by atoms with Crippen LogP contribution in [0, 0.1) is 11.7 Å². The summed E-state index contributed by atoms with van der Waals surface area (Å²) in [6, 6.07) is 5.76. The standard InChI is InChI=1S/C21H26FN5O2/c1-25-14-16(11-24-25)18-12-23-13-19(18)21(29)27-7-3-6-26(8-9-27)20(28)15-4-2-5-17(22)10-15/h2,4-5,10-11,14,18-19,23H,3,6-9,12-13H2,1H3/t18-,19+/m1/s1. The fourth-order valence-corrected chi connectivity index (χ4v) is 4.30. The highest BCUT2D eigenvalue weighted by molar-refractivity contribution is 5.94. The van der Waals surface area contributed by atoms with Crippen molar-refractivity contribution in [2.24, 2.45) is 13.0 Å². The van der Waals surface area contributed by atoms with Gasteiger partial charge in [-0.15, -0.1) is 0 Å². The Morgan fingerprint density at radius 2 is 1.93 bits per heavy atom. The van der Waals surface area contributed by atoms with E-state index in [-0.39, 0.29) is 23.7 Å². The minimum atomic E-state index is -0.419. The number of benzene rings is 1. The van der Waals surface area contributed by atoms with Crippen LogP contribution in [-0.4, -0.2) is 70.7 Å². The van der Waals surface area contributed by atoms with Crippen LogP contribution in [0.15, 0.2) is 36.7 Å². The van der Waals surface area contributed by atoms with Crippen LogP contribution in [0.25, 0.3) is 0 Å². The number of hydrogen-bond acceptors (Lipinski definition) is 4. The number of aryl methyl sites for hydroxylation is 1. The first-order chi connectivity index (χ1) is 14.0. The van der Waals surface area contributed by atoms with E-state index >= 15 is 0 Å². The van der Waals surface area contributed by atoms with Gasteiger partial charge < -0.3 is 15.1 Å². The number of carbonyl (C=O) groups is 2. The van der Waals surface area contributed by atoms with E-state index in [0.29, 0.717) is 44.7 Å². The molecule has 1 aromatic heterocycles. The average Bonchev–Trinajstić information content (AvgIpc) is 3.29. The molecule has 2 amide bonds. The number of aromatic nitrogens is 2. The highest BCUT2D eigenvalue weighted by Gasteiger charge is 2.37. The second kappa shape index (κ2) is 8.32. The molecule has 7 nitrogen and oxygen atoms in total. The molecule has 0 bridgehead atoms. The van der Waals surface area contributed by atoms with Crippen molar-refractivity contribution in [1.82, 2.24) is 24.9 Å². The Morgan fingerprint density at radius 3 is 2.69 bits per heavy atom. The Bertz CT molecular complexity index is 899. The van der Waals surface area contributed by atoms with Gasteiger partial charge in [-0.2, -0.15) is 5.10 Å². The van der Waals surface area contributed by atoms with Gasteiger partial charge in [0.1, 0.15) is 5.82 Å². The monoisotopic (exact) mass is 399 g/mol. The van der Waals surface area contributed by atoms with E-state index in [4.69, 9.17) is 0 Å². The summed E-state index contributed by atoms with van der Waals surface area (Å²) in [7, 11) is 1.88. The second-order valence-electron chi connectivity index (χ2n) is 7.80. The molecule has 8 heteroatoms. The van der Waals surface area contributed by atoms with Crippen molar-refractivity contribution < 1.29 is 14.0 Å². The van der Waals surface area contributed by atoms with Crippen molar-refractivity contribution in [3.8, 4) is 0 Å². The van der Waals surface area contributed by atoms with Crippen molar-refractivity contribution in [3.05, 3.63) is 53.6 Å². The molecule has 29 heavy (non-hydrogen) atoms. The van der Waals surface area contributed by atoms with Crippen LogP contribution in [0.2, 0.25) is 0 Å². The third-order valence-corrected chi connectivity index (χ3v) is 5.85. The Hall–Kier alpha value is -2.74. The Labute approximate surface area is 169 Å². The zero-order chi connectivity index (χ0) is 20.4. The van der Waals surface area contributed by atoms with E-state index in [1.807, 2.05) is 24.3 Å². The first kappa shape index (κ1) is 19.6. The Morgan fingerprint density at radius 1 is 1.14 bits per heavy atom. The lowest BCUT2D eigenvalue weighted by atomic mass is 9.89. The highest BCUT2D eigenvalue weighted by atomic mass is 19.1. The second-order valence-corrected chi connectivity index (χ2v) is 7.80. The van der Waals surface area contributed by atoms with Gasteiger partial charge in [0.2, 0.25) is 5.91 Å². The molecule has 154 valence electrons. The molecule has 2 fully saturated rings. The Kier molecular flexibility index (Phi) is 5.62. The van der Waals surface area contributed by atoms with Crippen LogP contribution in [0.3, 0.4) is 0 Å². The van der Waals surface area contributed by atoms with Crippen LogP contribution in [0.5, 0.6) is 0 Å². The van der Waals surface area contributed by atoms with Gasteiger partial charge in [0.05, 0.1) is 12.1 Å². The van der Waals surface area contributed by atoms with E-state index in [1.165, 1.54) is 12.1 Å². The molecular weight excluding hydrogens is 373 g/mol. The molecule has 1 N–H and O–H groups in total. The molecule has 2 aromatic rings. The number of hydrogen-bond donors (Lipinski definition) is 1. The van der Waals surface area contributed by atoms with E-state index in [0.717, 1.165) is 12.1 Å². The fraction of sp³-hybridized carbons (Fsp3) is 0.476. The zero-order valence-corrected chi connectivity index (χ0v) is 16.6. The number of halogens is 1. The normalized spacial score (nSPS) is 22.6. The Balaban J connectivity index is 1.41. The molecule has 0 spiro atoms. The third-order valence-electron chi connectivity index (χ3n) is 5.85. The molecule has 0 saturated carbocycles. The minimum absolute atomic E-state index is 0.115. The van der Waals surface area contributed by atoms with Crippen LogP contribution < -0.4 is 5.32 Å². The van der Waals surface area contributed by atoms with Crippen molar-refractivity contribution in [1.29, 1.82) is 0 Å². The summed E-state index contributed by atoms with van der Waals surface area (Å²) >= 11 is 0. The lowest BCUT2D eigenvalue weighted by molar-refractivity contribution is -0.135. The van der Waals surface area contributed by atoms with Crippen LogP contribution in [0.4, 0.5) is 4.39 Å². The van der Waals surface area contributed by atoms with Gasteiger partial charge in [-0.1, -0.05) is 6.07 Å². The molecule has 4 rings (SSSR count). The number of rotatable bonds is 3. The van der Waals surface area contributed by atoms with Gasteiger partial charge >= 0.3 is 0 Å². The topological polar surface area (TPSA) is 70.5 Å². The van der Waals surface area contributed by atoms with Crippen molar-refractivity contribution in [2.45, 2.75) is 12.3 Å². The van der Waals surface area contributed by atoms with E-state index in [9.17, 15) is 14.0 Å². The molecule has 0 aliphatic carbocycles. The van der Waals surface area contributed by atoms with E-state index in [2.05, 4.69) is 10.4 Å². The number of nitrogens with one attached hydrogen (secondary N) is 1. The maximum absolute atomic E-state index is 13.5. The summed E-state index contributed by atoms with van der Waals surface area (Å²) in [6.07, 6.45) is 4.52. The van der Waals surface area contributed by atoms with Crippen LogP contribution in [0.1, 0.15) is 28.3 Å². The van der Waals surface area contributed by atoms with Crippen molar-refractivity contribution in [2.75, 3.05) is 39.3 Å². The third kappa shape index (κ3) is 4.17. The van der Waals surface area contributed by atoms with Gasteiger partial charge in [-0.25, -0.2) is 4.39 Å². The quantitative estimate of drug-likeness (QED) is 0.843. The van der Waals surface area contributed by atoms with E-state index < -0.39 is 5.82 Å². The van der Waals surface area contributed by atoms with Crippen LogP contribution >= 0.6 is 0 Å². The zero-order valence-electron chi connectivity index (χ0n) is 16.6. The first-order valence-corrected chi connectivity index (χ1v) is 10.1. The van der Waals surface area contributed by atoms with E-state index in [1.54, 1.807) is 21.7 Å². The maximum atomic E-state index is 13.5. The summed E-state index contributed by atoms with van der Waals surface area (Å²) < 4.78 is 15.2. The lowest BCUT2D eigenvalue weighted by Crippen LogP contribution is -2.41. The summed E-state index contributed by atoms with van der Waals surface area (Å²) in [5.41, 5.74) is 1.43. The minimum Gasteiger partial charge on any atom is -0.341 e. The van der Waals surface area contributed by atoms with Gasteiger partial charge in [0.15, 0.2) is 0 Å². The molecule has 0 radical (unpaired) electrons. The summed E-state index contributed by atoms with van der Waals surface area (Å²) in [5.74, 6) is -0.481. The lowest BCUT2D eigenvalue weighted by Gasteiger charge is -2.26. The van der Waals surface area contributed by atoms with Crippen molar-refractivity contribution in [3.63, 3.8) is 0 Å². The molecule has 0 unspecified atom stereocenters. The summed E-state index contributed by atoms with van der Waals surface area (Å²) in [4.78, 5) is 29.5. The fourth-order valence-electron chi connectivity index (χ4n) is 4.30. The molecule has 2 aliphatic heterocycles. The number of amides is 2.